The summed E-state index contributed by atoms with van der Waals surface area (Å²) >= 11 is 10.8. The number of aromatic nitrogens is 1. The number of aryl methyl sites for hydroxylation is 8. The fourth-order valence-corrected chi connectivity index (χ4v) is 19.8. The van der Waals surface area contributed by atoms with Gasteiger partial charge in [-0.15, -0.1) is 56.7 Å². The Morgan fingerprint density at radius 3 is 1.15 bits per heavy atom. The van der Waals surface area contributed by atoms with E-state index in [0.29, 0.717) is 45.3 Å². The van der Waals surface area contributed by atoms with Gasteiger partial charge in [-0.3, -0.25) is 4.98 Å². The van der Waals surface area contributed by atoms with Crippen LogP contribution in [0.2, 0.25) is 54.4 Å². The van der Waals surface area contributed by atoms with Crippen LogP contribution in [0.3, 0.4) is 0 Å². The molecule has 3 aromatic carbocycles. The molecule has 0 aliphatic carbocycles. The lowest BCUT2D eigenvalue weighted by molar-refractivity contribution is 0.167. The maximum atomic E-state index is 13.5. The van der Waals surface area contributed by atoms with Crippen LogP contribution in [-0.2, 0) is 26.1 Å². The van der Waals surface area contributed by atoms with Gasteiger partial charge >= 0.3 is 0 Å². The van der Waals surface area contributed by atoms with Gasteiger partial charge in [-0.05, 0) is 239 Å². The molecule has 2 atom stereocenters. The van der Waals surface area contributed by atoms with Crippen LogP contribution in [0.5, 0.6) is 0 Å². The van der Waals surface area contributed by atoms with Crippen LogP contribution in [0, 0.1) is 124 Å². The summed E-state index contributed by atoms with van der Waals surface area (Å²) in [5.74, 6) is 31.5. The quantitative estimate of drug-likeness (QED) is 0.0243. The summed E-state index contributed by atoms with van der Waals surface area (Å²) in [7, 11) is -5.07. The smallest absolute Gasteiger partial charge is 0.192 e. The summed E-state index contributed by atoms with van der Waals surface area (Å²) in [4.78, 5) is 15.6. The molecule has 0 aliphatic heterocycles. The predicted molar refractivity (Wildman–Crippen MR) is 501 cm³/mol. The third kappa shape index (κ3) is 31.8. The lowest BCUT2D eigenvalue weighted by atomic mass is 9.98. The van der Waals surface area contributed by atoms with Crippen LogP contribution in [0.25, 0.3) is 21.6 Å². The molecule has 2 unspecified atom stereocenters. The van der Waals surface area contributed by atoms with Crippen LogP contribution in [0.15, 0.2) is 122 Å². The summed E-state index contributed by atoms with van der Waals surface area (Å²) in [5.41, 5.74) is 12.6. The molecule has 9 rings (SSSR count). The Bertz CT molecular complexity index is 4730. The van der Waals surface area contributed by atoms with Crippen LogP contribution in [0.1, 0.15) is 208 Å². The molecule has 8 nitrogen and oxygen atoms in total. The highest BCUT2D eigenvalue weighted by Crippen LogP contribution is 2.45. The first kappa shape index (κ1) is 97.7. The standard InChI is InChI=1S/C25H27FINOSSi.C25H36O2SSi.C19H22O2S.C16H26OSSi.C10H12OS/c1-25(2,3)31(4,5)29-17-7-6-8-21-23(27)22(18-13-15-28-16-14-18)24(30-21)19-9-11-20(26)12-10-19;1-19-20(2)28-23(15-11-12-18-27-29(6,7)25(3,4)5)24(19)22(26)17-16-21-13-9-8-10-14-21;1-14-15(2)22-18(10-6-7-13-20)19(14)17(21)12-11-16-8-4-3-5-9-16;1-13-12-15(18-14(13)2)10-8-9-11-17-19(6,7)16(3,4)5;1-8-7-10(12-9(8)2)5-3-4-6-11/h9-16H,7,17H2,1-5H3;8-10,13-14,22,26H,12,16-18H2,1-7H3;3-5,8-9,17,20-21H,7,11-13H2,1-2H3;12H,9,11H2,1-7H3;7,11H,4,6H2,1-2H3. The number of nitrogens with zero attached hydrogens (tertiary/aromatic N) is 1. The zero-order valence-corrected chi connectivity index (χ0v) is 80.6. The molecular weight excluding hydrogens is 1660 g/mol. The van der Waals surface area contributed by atoms with Crippen LogP contribution < -0.4 is 0 Å². The molecule has 0 saturated carbocycles. The van der Waals surface area contributed by atoms with Crippen molar-refractivity contribution in [2.24, 2.45) is 0 Å². The average Bonchev–Trinajstić information content (AvgIpc) is 1.63. The first-order chi connectivity index (χ1) is 53.1. The third-order valence-electron chi connectivity index (χ3n) is 20.9. The Hall–Kier alpha value is -5.86. The van der Waals surface area contributed by atoms with E-state index in [1.807, 2.05) is 67.6 Å². The number of hydrogen-bond donors (Lipinski definition) is 4. The van der Waals surface area contributed by atoms with E-state index in [1.165, 1.54) is 64.3 Å². The molecule has 0 aliphatic rings. The van der Waals surface area contributed by atoms with Gasteiger partial charge < -0.3 is 33.7 Å². The second-order valence-corrected chi connectivity index (χ2v) is 54.0. The maximum Gasteiger partial charge on any atom is 0.192 e. The van der Waals surface area contributed by atoms with Crippen molar-refractivity contribution in [1.29, 1.82) is 0 Å². The minimum absolute atomic E-state index is 0.0717. The first-order valence-electron chi connectivity index (χ1n) is 39.0. The molecule has 0 bridgehead atoms. The van der Waals surface area contributed by atoms with Gasteiger partial charge in [-0.25, -0.2) is 4.39 Å². The number of rotatable bonds is 21. The minimum atomic E-state index is -1.75. The van der Waals surface area contributed by atoms with E-state index in [9.17, 15) is 14.6 Å². The lowest BCUT2D eigenvalue weighted by Crippen LogP contribution is -2.40. The molecule has 0 saturated heterocycles. The van der Waals surface area contributed by atoms with Crippen molar-refractivity contribution in [3.8, 4) is 80.8 Å². The Morgan fingerprint density at radius 1 is 0.442 bits per heavy atom. The van der Waals surface area contributed by atoms with Gasteiger partial charge in [-0.1, -0.05) is 194 Å². The zero-order valence-electron chi connectivity index (χ0n) is 71.4. The number of thiophene rings is 5. The van der Waals surface area contributed by atoms with Gasteiger partial charge in [0.05, 0.1) is 49.8 Å². The molecule has 0 fully saturated rings. The second kappa shape index (κ2) is 46.9. The number of benzene rings is 3. The van der Waals surface area contributed by atoms with E-state index in [1.54, 1.807) is 69.1 Å². The number of aliphatic hydroxyl groups is 4. The fraction of sp³-hybridized carbons (Fsp3) is 0.442. The summed E-state index contributed by atoms with van der Waals surface area (Å²) in [5, 5.41) is 39.5. The van der Waals surface area contributed by atoms with Gasteiger partial charge in [0.2, 0.25) is 0 Å². The van der Waals surface area contributed by atoms with Crippen molar-refractivity contribution in [1.82, 2.24) is 4.98 Å². The van der Waals surface area contributed by atoms with E-state index in [-0.39, 0.29) is 34.1 Å². The number of aliphatic hydroxyl groups excluding tert-OH is 4. The normalized spacial score (nSPS) is 11.9. The maximum absolute atomic E-state index is 13.5. The Balaban J connectivity index is 0.000000260. The summed E-state index contributed by atoms with van der Waals surface area (Å²) in [6.45, 7) is 53.0. The minimum Gasteiger partial charge on any atom is -0.416 e. The highest BCUT2D eigenvalue weighted by Gasteiger charge is 2.39. The predicted octanol–water partition coefficient (Wildman–Crippen LogP) is 25.8. The molecule has 6 aromatic heterocycles. The second-order valence-electron chi connectivity index (χ2n) is 32.6. The summed E-state index contributed by atoms with van der Waals surface area (Å²) in [6, 6.07) is 35.5. The van der Waals surface area contributed by atoms with E-state index < -0.39 is 37.2 Å². The van der Waals surface area contributed by atoms with Crippen molar-refractivity contribution in [3.05, 3.63) is 219 Å². The van der Waals surface area contributed by atoms with Crippen molar-refractivity contribution < 1.29 is 38.1 Å². The number of halogens is 2. The molecule has 18 heteroatoms. The van der Waals surface area contributed by atoms with Crippen molar-refractivity contribution in [3.63, 3.8) is 0 Å². The summed E-state index contributed by atoms with van der Waals surface area (Å²) in [6.07, 6.45) is 9.01. The summed E-state index contributed by atoms with van der Waals surface area (Å²) < 4.78 is 33.1. The van der Waals surface area contributed by atoms with Crippen molar-refractivity contribution in [2.75, 3.05) is 33.0 Å². The molecule has 4 N–H and O–H groups in total. The molecule has 0 radical (unpaired) electrons. The molecular formula is C95H123FINO7S5Si3. The Kier molecular flexibility index (Phi) is 40.6. The van der Waals surface area contributed by atoms with Gasteiger partial charge in [0.1, 0.15) is 5.82 Å². The number of hydrogen-bond acceptors (Lipinski definition) is 13. The van der Waals surface area contributed by atoms with Gasteiger partial charge in [0.25, 0.3) is 0 Å². The highest BCUT2D eigenvalue weighted by molar-refractivity contribution is 14.1. The molecule has 6 heterocycles. The van der Waals surface area contributed by atoms with E-state index in [0.717, 1.165) is 93.6 Å². The zero-order chi connectivity index (χ0) is 83.9. The SMILES string of the molecule is CC(C)(C)[Si](C)(C)OCCC#Cc1sc(-c2ccc(F)cc2)c(-c2ccncc2)c1I.Cc1cc(C#CCCO)sc1C.Cc1cc(C#CCCO[Si](C)(C)C(C)(C)C)sc1C.Cc1sc(C#CCCO)c(C(O)CCc2ccccc2)c1C.Cc1sc(C#CCCO[Si](C)(C)C(C)(C)C)c(C(O)CCc2ccccc2)c1C. The van der Waals surface area contributed by atoms with Gasteiger partial charge in [-0.2, -0.15) is 0 Å². The first-order valence-corrected chi connectivity index (χ1v) is 52.9. The molecule has 9 aromatic rings. The Morgan fingerprint density at radius 2 is 0.796 bits per heavy atom. The van der Waals surface area contributed by atoms with Crippen molar-refractivity contribution in [2.45, 2.75) is 242 Å². The van der Waals surface area contributed by atoms with E-state index in [2.05, 4.69) is 273 Å². The monoisotopic (exact) mass is 1780 g/mol. The molecule has 0 spiro atoms. The molecule has 113 heavy (non-hydrogen) atoms. The van der Waals surface area contributed by atoms with E-state index >= 15 is 0 Å². The number of pyridine rings is 1. The van der Waals surface area contributed by atoms with Gasteiger partial charge in [0.15, 0.2) is 25.0 Å². The van der Waals surface area contributed by atoms with Crippen LogP contribution >= 0.6 is 79.3 Å². The largest absolute Gasteiger partial charge is 0.416 e. The topological polar surface area (TPSA) is 122 Å². The fourth-order valence-electron chi connectivity index (χ4n) is 10.4. The molecule has 606 valence electrons. The van der Waals surface area contributed by atoms with Crippen LogP contribution in [0.4, 0.5) is 4.39 Å². The van der Waals surface area contributed by atoms with E-state index in [4.69, 9.17) is 23.5 Å². The van der Waals surface area contributed by atoms with Gasteiger partial charge in [0, 0.05) is 109 Å². The average molecular weight is 1780 g/mol. The Labute approximate surface area is 716 Å². The van der Waals surface area contributed by atoms with Crippen LogP contribution in [-0.4, -0.2) is 83.4 Å². The highest BCUT2D eigenvalue weighted by atomic mass is 127. The molecule has 0 amide bonds. The van der Waals surface area contributed by atoms with Crippen molar-refractivity contribution >= 4 is 104 Å². The third-order valence-corrected chi connectivity index (χ3v) is 41.5. The lowest BCUT2D eigenvalue weighted by Gasteiger charge is -2.35.